The van der Waals surface area contributed by atoms with E-state index >= 15 is 0 Å². The van der Waals surface area contributed by atoms with E-state index in [9.17, 15) is 19.2 Å². The molecule has 2 aliphatic heterocycles. The van der Waals surface area contributed by atoms with E-state index in [0.717, 1.165) is 4.90 Å². The van der Waals surface area contributed by atoms with Crippen LogP contribution in [0.15, 0.2) is 18.2 Å². The molecule has 0 spiro atoms. The van der Waals surface area contributed by atoms with Crippen molar-refractivity contribution in [2.24, 2.45) is 0 Å². The highest BCUT2D eigenvalue weighted by molar-refractivity contribution is 6.23. The summed E-state index contributed by atoms with van der Waals surface area (Å²) in [7, 11) is 1.78. The Labute approximate surface area is 138 Å². The topological polar surface area (TPSA) is 95.6 Å². The Kier molecular flexibility index (Phi) is 4.15. The molecule has 2 N–H and O–H groups in total. The molecule has 24 heavy (non-hydrogen) atoms. The number of nitrogens with zero attached hydrogens (tertiary/aromatic N) is 1. The van der Waals surface area contributed by atoms with Gasteiger partial charge in [-0.2, -0.15) is 0 Å². The number of carbonyl (C=O) groups is 4. The van der Waals surface area contributed by atoms with Crippen LogP contribution in [0, 0.1) is 11.8 Å². The summed E-state index contributed by atoms with van der Waals surface area (Å²) in [6.45, 7) is 0.506. The molecular weight excluding hydrogens is 310 g/mol. The summed E-state index contributed by atoms with van der Waals surface area (Å²) in [5.74, 6) is 3.73. The van der Waals surface area contributed by atoms with Crippen LogP contribution in [0.25, 0.3) is 0 Å². The second-order valence-electron chi connectivity index (χ2n) is 5.54. The van der Waals surface area contributed by atoms with Crippen molar-refractivity contribution in [3.05, 3.63) is 34.9 Å². The van der Waals surface area contributed by atoms with E-state index in [1.807, 2.05) is 0 Å². The lowest BCUT2D eigenvalue weighted by Gasteiger charge is -2.27. The summed E-state index contributed by atoms with van der Waals surface area (Å²) in [6, 6.07) is 3.82. The molecule has 1 saturated heterocycles. The molecule has 4 amide bonds. The molecule has 1 fully saturated rings. The maximum Gasteiger partial charge on any atom is 0.262 e. The Morgan fingerprint density at radius 2 is 1.96 bits per heavy atom. The number of hydrogen-bond acceptors (Lipinski definition) is 5. The molecule has 1 aromatic rings. The Hall–Kier alpha value is -2.98. The number of nitrogens with one attached hydrogen (secondary N) is 2. The average molecular weight is 325 g/mol. The second-order valence-corrected chi connectivity index (χ2v) is 5.54. The van der Waals surface area contributed by atoms with Crippen LogP contribution in [0.5, 0.6) is 0 Å². The highest BCUT2D eigenvalue weighted by Gasteiger charge is 2.44. The Balaban J connectivity index is 1.90. The predicted molar refractivity (Wildman–Crippen MR) is 83.9 cm³/mol. The van der Waals surface area contributed by atoms with E-state index in [4.69, 9.17) is 0 Å². The average Bonchev–Trinajstić information content (AvgIpc) is 2.80. The van der Waals surface area contributed by atoms with E-state index in [1.54, 1.807) is 25.2 Å². The van der Waals surface area contributed by atoms with Gasteiger partial charge in [0.15, 0.2) is 0 Å². The number of hydrogen-bond donors (Lipinski definition) is 2. The SMILES string of the molecule is CNCC#Cc1ccc2c(c1)C(=O)N(C1CCC(=O)NC1=O)C2=O. The van der Waals surface area contributed by atoms with Crippen LogP contribution in [0.1, 0.15) is 39.1 Å². The third-order valence-corrected chi connectivity index (χ3v) is 3.94. The molecule has 7 heteroatoms. The van der Waals surface area contributed by atoms with Gasteiger partial charge in [0.25, 0.3) is 11.8 Å². The van der Waals surface area contributed by atoms with Gasteiger partial charge in [-0.15, -0.1) is 0 Å². The van der Waals surface area contributed by atoms with E-state index < -0.39 is 29.7 Å². The van der Waals surface area contributed by atoms with Gasteiger partial charge in [0, 0.05) is 12.0 Å². The van der Waals surface area contributed by atoms with Crippen molar-refractivity contribution in [1.29, 1.82) is 0 Å². The summed E-state index contributed by atoms with van der Waals surface area (Å²) in [5, 5.41) is 5.06. The van der Waals surface area contributed by atoms with Crippen LogP contribution in [-0.2, 0) is 9.59 Å². The highest BCUT2D eigenvalue weighted by Crippen LogP contribution is 2.28. The van der Waals surface area contributed by atoms with Crippen LogP contribution < -0.4 is 10.6 Å². The van der Waals surface area contributed by atoms with Gasteiger partial charge in [-0.3, -0.25) is 29.4 Å². The zero-order chi connectivity index (χ0) is 17.3. The molecule has 2 aliphatic rings. The van der Waals surface area contributed by atoms with Gasteiger partial charge in [0.1, 0.15) is 6.04 Å². The molecule has 1 unspecified atom stereocenters. The van der Waals surface area contributed by atoms with Gasteiger partial charge >= 0.3 is 0 Å². The third-order valence-electron chi connectivity index (χ3n) is 3.94. The van der Waals surface area contributed by atoms with Gasteiger partial charge in [0.2, 0.25) is 11.8 Å². The van der Waals surface area contributed by atoms with E-state index in [-0.39, 0.29) is 24.0 Å². The van der Waals surface area contributed by atoms with Crippen LogP contribution >= 0.6 is 0 Å². The first-order valence-corrected chi connectivity index (χ1v) is 7.52. The summed E-state index contributed by atoms with van der Waals surface area (Å²) >= 11 is 0. The molecule has 0 bridgehead atoms. The largest absolute Gasteiger partial charge is 0.309 e. The lowest BCUT2D eigenvalue weighted by molar-refractivity contribution is -0.136. The molecule has 0 aromatic heterocycles. The number of fused-ring (bicyclic) bond motifs is 1. The Bertz CT molecular complexity index is 819. The first-order chi connectivity index (χ1) is 11.5. The Morgan fingerprint density at radius 3 is 2.67 bits per heavy atom. The van der Waals surface area contributed by atoms with Crippen LogP contribution in [0.4, 0.5) is 0 Å². The lowest BCUT2D eigenvalue weighted by atomic mass is 10.0. The van der Waals surface area contributed by atoms with E-state index in [1.165, 1.54) is 0 Å². The summed E-state index contributed by atoms with van der Waals surface area (Å²) < 4.78 is 0. The highest BCUT2D eigenvalue weighted by atomic mass is 16.2. The molecule has 7 nitrogen and oxygen atoms in total. The smallest absolute Gasteiger partial charge is 0.262 e. The van der Waals surface area contributed by atoms with Gasteiger partial charge in [0.05, 0.1) is 17.7 Å². The fourth-order valence-corrected chi connectivity index (χ4v) is 2.78. The first-order valence-electron chi connectivity index (χ1n) is 7.52. The van der Waals surface area contributed by atoms with Crippen LogP contribution in [-0.4, -0.2) is 48.2 Å². The fraction of sp³-hybridized carbons (Fsp3) is 0.294. The summed E-state index contributed by atoms with van der Waals surface area (Å²) in [5.41, 5.74) is 1.11. The molecule has 122 valence electrons. The van der Waals surface area contributed by atoms with Crippen molar-refractivity contribution >= 4 is 23.6 Å². The van der Waals surface area contributed by atoms with Crippen molar-refractivity contribution in [3.8, 4) is 11.8 Å². The molecule has 0 radical (unpaired) electrons. The third kappa shape index (κ3) is 2.68. The molecule has 1 aromatic carbocycles. The summed E-state index contributed by atoms with van der Waals surface area (Å²) in [4.78, 5) is 49.2. The quantitative estimate of drug-likeness (QED) is 0.573. The number of piperidine rings is 1. The van der Waals surface area contributed by atoms with Gasteiger partial charge < -0.3 is 5.32 Å². The first kappa shape index (κ1) is 15.9. The van der Waals surface area contributed by atoms with E-state index in [2.05, 4.69) is 22.5 Å². The molecule has 0 saturated carbocycles. The number of benzene rings is 1. The van der Waals surface area contributed by atoms with Crippen molar-refractivity contribution in [1.82, 2.24) is 15.5 Å². The van der Waals surface area contributed by atoms with Gasteiger partial charge in [-0.05, 0) is 31.7 Å². The van der Waals surface area contributed by atoms with E-state index in [0.29, 0.717) is 12.1 Å². The Morgan fingerprint density at radius 1 is 1.21 bits per heavy atom. The molecular formula is C17H15N3O4. The van der Waals surface area contributed by atoms with Crippen molar-refractivity contribution in [3.63, 3.8) is 0 Å². The van der Waals surface area contributed by atoms with Crippen molar-refractivity contribution in [2.45, 2.75) is 18.9 Å². The maximum absolute atomic E-state index is 12.6. The van der Waals surface area contributed by atoms with Crippen LogP contribution in [0.2, 0.25) is 0 Å². The number of carbonyl (C=O) groups excluding carboxylic acids is 4. The van der Waals surface area contributed by atoms with Gasteiger partial charge in [-0.25, -0.2) is 0 Å². The number of rotatable bonds is 2. The van der Waals surface area contributed by atoms with Gasteiger partial charge in [-0.1, -0.05) is 11.8 Å². The molecule has 3 rings (SSSR count). The molecule has 0 aliphatic carbocycles. The van der Waals surface area contributed by atoms with Crippen molar-refractivity contribution < 1.29 is 19.2 Å². The maximum atomic E-state index is 12.6. The zero-order valence-corrected chi connectivity index (χ0v) is 13.0. The standard InChI is InChI=1S/C17H15N3O4/c1-18-8-2-3-10-4-5-11-12(9-10)17(24)20(16(11)23)13-6-7-14(21)19-15(13)22/h4-5,9,13,18H,6-8H2,1H3,(H,19,21,22). The number of amides is 4. The monoisotopic (exact) mass is 325 g/mol. The fourth-order valence-electron chi connectivity index (χ4n) is 2.78. The normalized spacial score (nSPS) is 19.7. The minimum atomic E-state index is -0.950. The minimum Gasteiger partial charge on any atom is -0.309 e. The molecule has 1 atom stereocenters. The molecule has 2 heterocycles. The predicted octanol–water partition coefficient (Wildman–Crippen LogP) is -0.341. The number of imide groups is 2. The minimum absolute atomic E-state index is 0.102. The summed E-state index contributed by atoms with van der Waals surface area (Å²) in [6.07, 6.45) is 0.246. The van der Waals surface area contributed by atoms with Crippen molar-refractivity contribution in [2.75, 3.05) is 13.6 Å². The van der Waals surface area contributed by atoms with Crippen LogP contribution in [0.3, 0.4) is 0 Å². The zero-order valence-electron chi connectivity index (χ0n) is 13.0. The lowest BCUT2D eigenvalue weighted by Crippen LogP contribution is -2.54. The second kappa shape index (κ2) is 6.26.